The Labute approximate surface area is 68.5 Å². The molecule has 1 rings (SSSR count). The molecule has 0 aliphatic heterocycles. The number of hydrogen-bond acceptors (Lipinski definition) is 0. The zero-order chi connectivity index (χ0) is 8.43. The molecule has 0 saturated carbocycles. The Kier molecular flexibility index (Phi) is 2.32. The van der Waals surface area contributed by atoms with E-state index < -0.39 is 0 Å². The van der Waals surface area contributed by atoms with Gasteiger partial charge in [-0.25, -0.2) is 9.13 Å². The molecule has 0 fully saturated rings. The van der Waals surface area contributed by atoms with Crippen molar-refractivity contribution >= 4 is 0 Å². The highest BCUT2D eigenvalue weighted by atomic mass is 15.1. The van der Waals surface area contributed by atoms with E-state index in [4.69, 9.17) is 0 Å². The molecule has 0 amide bonds. The maximum atomic E-state index is 2.35. The van der Waals surface area contributed by atoms with E-state index in [1.165, 1.54) is 11.5 Å². The first-order valence-electron chi connectivity index (χ1n) is 4.25. The highest BCUT2D eigenvalue weighted by Crippen LogP contribution is 2.01. The number of rotatable bonds is 2. The molecule has 0 N–H and O–H groups in total. The topological polar surface area (TPSA) is 8.81 Å². The zero-order valence-electron chi connectivity index (χ0n) is 7.89. The van der Waals surface area contributed by atoms with E-state index in [1.807, 2.05) is 0 Å². The van der Waals surface area contributed by atoms with E-state index in [-0.39, 0.29) is 0 Å². The van der Waals surface area contributed by atoms with Gasteiger partial charge in [-0.2, -0.15) is 0 Å². The molecule has 0 unspecified atom stereocenters. The fraction of sp³-hybridized carbons (Fsp3) is 0.667. The lowest BCUT2D eigenvalue weighted by Crippen LogP contribution is -2.31. The van der Waals surface area contributed by atoms with Gasteiger partial charge in [-0.3, -0.25) is 0 Å². The Bertz CT molecular complexity index is 224. The molecule has 0 radical (unpaired) electrons. The maximum Gasteiger partial charge on any atom is 0.256 e. The number of aromatic nitrogens is 2. The van der Waals surface area contributed by atoms with E-state index in [0.717, 1.165) is 13.0 Å². The fourth-order valence-electron chi connectivity index (χ4n) is 1.69. The molecular weight excluding hydrogens is 136 g/mol. The minimum absolute atomic E-state index is 1.08. The van der Waals surface area contributed by atoms with Gasteiger partial charge >= 0.3 is 0 Å². The summed E-state index contributed by atoms with van der Waals surface area (Å²) in [6.07, 6.45) is 3.29. The Hall–Kier alpha value is -0.790. The molecule has 0 aliphatic carbocycles. The minimum Gasteiger partial charge on any atom is -0.237 e. The molecule has 0 saturated heterocycles. The average Bonchev–Trinajstić information content (AvgIpc) is 2.24. The van der Waals surface area contributed by atoms with Crippen LogP contribution < -0.4 is 4.57 Å². The van der Waals surface area contributed by atoms with Gasteiger partial charge in [0.15, 0.2) is 0 Å². The standard InChI is InChI=1S/C9H17N2/c1-5-9-10(4)7-8(3)11(9)6-2/h7H,5-6H2,1-4H3/q+1. The van der Waals surface area contributed by atoms with E-state index >= 15 is 0 Å². The summed E-state index contributed by atoms with van der Waals surface area (Å²) in [6, 6.07) is 0. The fourth-order valence-corrected chi connectivity index (χ4v) is 1.69. The molecule has 11 heavy (non-hydrogen) atoms. The molecule has 2 heteroatoms. The smallest absolute Gasteiger partial charge is 0.237 e. The van der Waals surface area contributed by atoms with Gasteiger partial charge in [-0.05, 0) is 6.92 Å². The monoisotopic (exact) mass is 153 g/mol. The first kappa shape index (κ1) is 8.31. The molecule has 1 heterocycles. The van der Waals surface area contributed by atoms with Crippen molar-refractivity contribution in [1.82, 2.24) is 4.57 Å². The van der Waals surface area contributed by atoms with Gasteiger partial charge in [0.2, 0.25) is 0 Å². The lowest BCUT2D eigenvalue weighted by atomic mass is 10.4. The summed E-state index contributed by atoms with van der Waals surface area (Å²) in [5.74, 6) is 1.41. The van der Waals surface area contributed by atoms with E-state index in [0.29, 0.717) is 0 Å². The maximum absolute atomic E-state index is 2.35. The Morgan fingerprint density at radius 1 is 1.45 bits per heavy atom. The Morgan fingerprint density at radius 2 is 2.09 bits per heavy atom. The summed E-state index contributed by atoms with van der Waals surface area (Å²) in [7, 11) is 2.11. The molecule has 0 atom stereocenters. The molecule has 0 aliphatic rings. The van der Waals surface area contributed by atoms with Gasteiger partial charge in [-0.15, -0.1) is 0 Å². The van der Waals surface area contributed by atoms with Crippen molar-refractivity contribution in [2.75, 3.05) is 0 Å². The second-order valence-corrected chi connectivity index (χ2v) is 2.90. The Balaban J connectivity index is 3.17. The van der Waals surface area contributed by atoms with Crippen molar-refractivity contribution in [3.05, 3.63) is 17.7 Å². The first-order chi connectivity index (χ1) is 5.20. The molecule has 0 spiro atoms. The highest BCUT2D eigenvalue weighted by molar-refractivity contribution is 4.95. The van der Waals surface area contributed by atoms with Crippen molar-refractivity contribution in [3.8, 4) is 0 Å². The largest absolute Gasteiger partial charge is 0.256 e. The van der Waals surface area contributed by atoms with Crippen LogP contribution in [0.5, 0.6) is 0 Å². The zero-order valence-corrected chi connectivity index (χ0v) is 7.89. The second-order valence-electron chi connectivity index (χ2n) is 2.90. The normalized spacial score (nSPS) is 10.5. The van der Waals surface area contributed by atoms with E-state index in [2.05, 4.69) is 43.1 Å². The van der Waals surface area contributed by atoms with Gasteiger partial charge in [0.25, 0.3) is 5.82 Å². The summed E-state index contributed by atoms with van der Waals surface area (Å²) in [5.41, 5.74) is 1.35. The van der Waals surface area contributed by atoms with E-state index in [1.54, 1.807) is 0 Å². The second kappa shape index (κ2) is 3.07. The van der Waals surface area contributed by atoms with Crippen LogP contribution in [0.1, 0.15) is 25.4 Å². The van der Waals surface area contributed by atoms with Gasteiger partial charge in [0.1, 0.15) is 11.9 Å². The first-order valence-corrected chi connectivity index (χ1v) is 4.25. The van der Waals surface area contributed by atoms with Crippen LogP contribution in [-0.4, -0.2) is 4.57 Å². The number of nitrogens with zero attached hydrogens (tertiary/aromatic N) is 2. The van der Waals surface area contributed by atoms with Crippen LogP contribution in [0.2, 0.25) is 0 Å². The van der Waals surface area contributed by atoms with Gasteiger partial charge in [0.05, 0.1) is 13.6 Å². The molecule has 2 nitrogen and oxygen atoms in total. The number of aryl methyl sites for hydroxylation is 2. The number of imidazole rings is 1. The third-order valence-electron chi connectivity index (χ3n) is 2.16. The summed E-state index contributed by atoms with van der Waals surface area (Å²) >= 11 is 0. The van der Waals surface area contributed by atoms with Crippen LogP contribution in [0.4, 0.5) is 0 Å². The third kappa shape index (κ3) is 1.30. The molecule has 0 aromatic carbocycles. The lowest BCUT2D eigenvalue weighted by Gasteiger charge is -1.96. The summed E-state index contributed by atoms with van der Waals surface area (Å²) in [6.45, 7) is 7.62. The summed E-state index contributed by atoms with van der Waals surface area (Å²) in [5, 5.41) is 0. The molecular formula is C9H17N2+. The van der Waals surface area contributed by atoms with Crippen LogP contribution in [0, 0.1) is 6.92 Å². The van der Waals surface area contributed by atoms with Crippen molar-refractivity contribution in [2.45, 2.75) is 33.7 Å². The Morgan fingerprint density at radius 3 is 2.45 bits per heavy atom. The average molecular weight is 153 g/mol. The van der Waals surface area contributed by atoms with Gasteiger partial charge < -0.3 is 0 Å². The number of hydrogen-bond donors (Lipinski definition) is 0. The molecule has 0 bridgehead atoms. The van der Waals surface area contributed by atoms with Crippen LogP contribution in [0.15, 0.2) is 6.20 Å². The SMILES string of the molecule is CCc1n(CC)c(C)c[n+]1C. The lowest BCUT2D eigenvalue weighted by molar-refractivity contribution is -0.678. The van der Waals surface area contributed by atoms with Gasteiger partial charge in [-0.1, -0.05) is 6.92 Å². The summed E-state index contributed by atoms with van der Waals surface area (Å²) < 4.78 is 4.55. The summed E-state index contributed by atoms with van der Waals surface area (Å²) in [4.78, 5) is 0. The minimum atomic E-state index is 1.08. The van der Waals surface area contributed by atoms with E-state index in [9.17, 15) is 0 Å². The van der Waals surface area contributed by atoms with Crippen molar-refractivity contribution in [1.29, 1.82) is 0 Å². The molecule has 1 aromatic rings. The predicted octanol–water partition coefficient (Wildman–Crippen LogP) is 1.20. The quantitative estimate of drug-likeness (QED) is 0.565. The highest BCUT2D eigenvalue weighted by Gasteiger charge is 2.13. The molecule has 62 valence electrons. The van der Waals surface area contributed by atoms with Crippen molar-refractivity contribution < 1.29 is 4.57 Å². The third-order valence-corrected chi connectivity index (χ3v) is 2.16. The van der Waals surface area contributed by atoms with Crippen LogP contribution in [0.3, 0.4) is 0 Å². The van der Waals surface area contributed by atoms with Crippen LogP contribution in [0.25, 0.3) is 0 Å². The van der Waals surface area contributed by atoms with Crippen molar-refractivity contribution in [3.63, 3.8) is 0 Å². The van der Waals surface area contributed by atoms with Gasteiger partial charge in [0, 0.05) is 13.3 Å². The van der Waals surface area contributed by atoms with Crippen LogP contribution in [-0.2, 0) is 20.0 Å². The molecule has 1 aromatic heterocycles. The van der Waals surface area contributed by atoms with Crippen molar-refractivity contribution in [2.24, 2.45) is 7.05 Å². The van der Waals surface area contributed by atoms with Crippen LogP contribution >= 0.6 is 0 Å². The predicted molar refractivity (Wildman–Crippen MR) is 45.4 cm³/mol.